The van der Waals surface area contributed by atoms with Crippen molar-refractivity contribution in [2.45, 2.75) is 26.8 Å². The minimum absolute atomic E-state index is 0.0446. The van der Waals surface area contributed by atoms with Crippen molar-refractivity contribution in [2.24, 2.45) is 0 Å². The van der Waals surface area contributed by atoms with Crippen LogP contribution in [0.1, 0.15) is 25.8 Å². The van der Waals surface area contributed by atoms with Gasteiger partial charge >= 0.3 is 0 Å². The fourth-order valence-corrected chi connectivity index (χ4v) is 2.97. The summed E-state index contributed by atoms with van der Waals surface area (Å²) in [6.07, 6.45) is 0.504. The van der Waals surface area contributed by atoms with E-state index in [2.05, 4.69) is 5.32 Å². The number of benzene rings is 1. The molecule has 21 heavy (non-hydrogen) atoms. The predicted molar refractivity (Wildman–Crippen MR) is 78.2 cm³/mol. The normalized spacial score (nSPS) is 11.6. The standard InChI is InChI=1S/C14H21F2NO3S/c1-3-6-21(18,19)7-5-20-14-12(15)8-11(9-13(14)16)10-17-4-2/h8-9,17H,3-7,10H2,1-2H3. The van der Waals surface area contributed by atoms with Gasteiger partial charge in [0.25, 0.3) is 0 Å². The van der Waals surface area contributed by atoms with Gasteiger partial charge < -0.3 is 10.1 Å². The smallest absolute Gasteiger partial charge is 0.190 e. The van der Waals surface area contributed by atoms with E-state index in [0.29, 0.717) is 25.1 Å². The van der Waals surface area contributed by atoms with Crippen molar-refractivity contribution in [3.05, 3.63) is 29.3 Å². The number of nitrogens with one attached hydrogen (secondary N) is 1. The zero-order valence-corrected chi connectivity index (χ0v) is 13.1. The van der Waals surface area contributed by atoms with Gasteiger partial charge in [0.15, 0.2) is 27.2 Å². The molecule has 4 nitrogen and oxygen atoms in total. The second kappa shape index (κ2) is 8.29. The molecule has 1 aromatic carbocycles. The van der Waals surface area contributed by atoms with E-state index in [1.807, 2.05) is 6.92 Å². The van der Waals surface area contributed by atoms with Gasteiger partial charge in [0.1, 0.15) is 6.61 Å². The van der Waals surface area contributed by atoms with Crippen LogP contribution in [0.15, 0.2) is 12.1 Å². The molecule has 1 aromatic rings. The van der Waals surface area contributed by atoms with Crippen LogP contribution in [-0.4, -0.2) is 33.1 Å². The molecule has 0 amide bonds. The Hall–Kier alpha value is -1.21. The highest BCUT2D eigenvalue weighted by Gasteiger charge is 2.15. The Balaban J connectivity index is 2.67. The van der Waals surface area contributed by atoms with Crippen molar-refractivity contribution in [3.63, 3.8) is 0 Å². The summed E-state index contributed by atoms with van der Waals surface area (Å²) in [6.45, 7) is 4.43. The Labute approximate surface area is 124 Å². The highest BCUT2D eigenvalue weighted by Crippen LogP contribution is 2.23. The van der Waals surface area contributed by atoms with E-state index in [4.69, 9.17) is 4.74 Å². The first-order valence-corrected chi connectivity index (χ1v) is 8.73. The van der Waals surface area contributed by atoms with Gasteiger partial charge in [-0.25, -0.2) is 17.2 Å². The minimum atomic E-state index is -3.23. The fourth-order valence-electron chi connectivity index (χ4n) is 1.81. The van der Waals surface area contributed by atoms with Crippen LogP contribution in [0.25, 0.3) is 0 Å². The van der Waals surface area contributed by atoms with Crippen molar-refractivity contribution in [3.8, 4) is 5.75 Å². The van der Waals surface area contributed by atoms with Crippen LogP contribution in [0.4, 0.5) is 8.78 Å². The lowest BCUT2D eigenvalue weighted by Crippen LogP contribution is -2.17. The zero-order valence-electron chi connectivity index (χ0n) is 12.3. The van der Waals surface area contributed by atoms with Crippen LogP contribution in [0.3, 0.4) is 0 Å². The Morgan fingerprint density at radius 2 is 1.76 bits per heavy atom. The lowest BCUT2D eigenvalue weighted by atomic mass is 10.2. The van der Waals surface area contributed by atoms with Crippen molar-refractivity contribution in [1.29, 1.82) is 0 Å². The molecule has 1 rings (SSSR count). The molecule has 7 heteroatoms. The molecular weight excluding hydrogens is 300 g/mol. The van der Waals surface area contributed by atoms with Gasteiger partial charge in [0.05, 0.1) is 11.5 Å². The minimum Gasteiger partial charge on any atom is -0.487 e. The maximum absolute atomic E-state index is 13.8. The highest BCUT2D eigenvalue weighted by molar-refractivity contribution is 7.91. The Morgan fingerprint density at radius 3 is 2.29 bits per heavy atom. The van der Waals surface area contributed by atoms with Gasteiger partial charge in [-0.05, 0) is 30.7 Å². The summed E-state index contributed by atoms with van der Waals surface area (Å²) in [6, 6.07) is 2.36. The lowest BCUT2D eigenvalue weighted by molar-refractivity contribution is 0.303. The molecule has 0 aliphatic carbocycles. The molecule has 0 aliphatic heterocycles. The second-order valence-electron chi connectivity index (χ2n) is 4.67. The van der Waals surface area contributed by atoms with Crippen LogP contribution >= 0.6 is 0 Å². The summed E-state index contributed by atoms with van der Waals surface area (Å²) < 4.78 is 55.5. The third-order valence-corrected chi connectivity index (χ3v) is 4.61. The first kappa shape index (κ1) is 17.8. The van der Waals surface area contributed by atoms with Gasteiger partial charge in [0, 0.05) is 6.54 Å². The highest BCUT2D eigenvalue weighted by atomic mass is 32.2. The van der Waals surface area contributed by atoms with Gasteiger partial charge in [-0.1, -0.05) is 13.8 Å². The van der Waals surface area contributed by atoms with Crippen molar-refractivity contribution in [2.75, 3.05) is 24.7 Å². The molecule has 0 atom stereocenters. The second-order valence-corrected chi connectivity index (χ2v) is 6.97. The molecule has 0 saturated heterocycles. The van der Waals surface area contributed by atoms with E-state index in [-0.39, 0.29) is 18.1 Å². The average Bonchev–Trinajstić information content (AvgIpc) is 2.39. The van der Waals surface area contributed by atoms with E-state index in [1.165, 1.54) is 12.1 Å². The largest absolute Gasteiger partial charge is 0.487 e. The molecule has 0 bridgehead atoms. The molecule has 0 heterocycles. The molecule has 0 spiro atoms. The van der Waals surface area contributed by atoms with Gasteiger partial charge in [0.2, 0.25) is 0 Å². The third-order valence-electron chi connectivity index (χ3n) is 2.79. The first-order chi connectivity index (χ1) is 9.89. The first-order valence-electron chi connectivity index (χ1n) is 6.91. The number of hydrogen-bond acceptors (Lipinski definition) is 4. The van der Waals surface area contributed by atoms with Crippen LogP contribution in [-0.2, 0) is 16.4 Å². The molecule has 1 N–H and O–H groups in total. The number of hydrogen-bond donors (Lipinski definition) is 1. The van der Waals surface area contributed by atoms with Crippen molar-refractivity contribution in [1.82, 2.24) is 5.32 Å². The number of sulfone groups is 1. The molecule has 0 aliphatic rings. The van der Waals surface area contributed by atoms with E-state index >= 15 is 0 Å². The van der Waals surface area contributed by atoms with E-state index in [1.54, 1.807) is 6.92 Å². The van der Waals surface area contributed by atoms with Gasteiger partial charge in [-0.2, -0.15) is 0 Å². The molecular formula is C14H21F2NO3S. The predicted octanol–water partition coefficient (Wildman–Crippen LogP) is 2.28. The fraction of sp³-hybridized carbons (Fsp3) is 0.571. The maximum atomic E-state index is 13.8. The maximum Gasteiger partial charge on any atom is 0.190 e. The summed E-state index contributed by atoms with van der Waals surface area (Å²) in [4.78, 5) is 0. The summed E-state index contributed by atoms with van der Waals surface area (Å²) in [5.74, 6) is -2.38. The van der Waals surface area contributed by atoms with Crippen molar-refractivity contribution >= 4 is 9.84 Å². The SMILES string of the molecule is CCCS(=O)(=O)CCOc1c(F)cc(CNCC)cc1F. The van der Waals surface area contributed by atoms with E-state index in [9.17, 15) is 17.2 Å². The molecule has 120 valence electrons. The quantitative estimate of drug-likeness (QED) is 0.758. The van der Waals surface area contributed by atoms with E-state index in [0.717, 1.165) is 0 Å². The zero-order chi connectivity index (χ0) is 15.9. The summed E-state index contributed by atoms with van der Waals surface area (Å²) >= 11 is 0. The van der Waals surface area contributed by atoms with Crippen LogP contribution < -0.4 is 10.1 Å². The number of halogens is 2. The topological polar surface area (TPSA) is 55.4 Å². The molecule has 0 unspecified atom stereocenters. The molecule has 0 radical (unpaired) electrons. The number of ether oxygens (including phenoxy) is 1. The Kier molecular flexibility index (Phi) is 7.04. The van der Waals surface area contributed by atoms with Crippen LogP contribution in [0, 0.1) is 11.6 Å². The van der Waals surface area contributed by atoms with Crippen LogP contribution in [0.2, 0.25) is 0 Å². The van der Waals surface area contributed by atoms with Crippen LogP contribution in [0.5, 0.6) is 5.75 Å². The Bertz CT molecular complexity index is 538. The van der Waals surface area contributed by atoms with Gasteiger partial charge in [-0.15, -0.1) is 0 Å². The third kappa shape index (κ3) is 5.97. The average molecular weight is 321 g/mol. The molecule has 0 fully saturated rings. The number of rotatable bonds is 9. The van der Waals surface area contributed by atoms with Crippen molar-refractivity contribution < 1.29 is 21.9 Å². The van der Waals surface area contributed by atoms with E-state index < -0.39 is 27.2 Å². The van der Waals surface area contributed by atoms with Gasteiger partial charge in [-0.3, -0.25) is 0 Å². The monoisotopic (exact) mass is 321 g/mol. The lowest BCUT2D eigenvalue weighted by Gasteiger charge is -2.10. The summed E-state index contributed by atoms with van der Waals surface area (Å²) in [5.41, 5.74) is 0.470. The summed E-state index contributed by atoms with van der Waals surface area (Å²) in [7, 11) is -3.23. The molecule has 0 aromatic heterocycles. The Morgan fingerprint density at radius 1 is 1.14 bits per heavy atom. The summed E-state index contributed by atoms with van der Waals surface area (Å²) in [5, 5.41) is 2.96. The molecule has 0 saturated carbocycles.